The van der Waals surface area contributed by atoms with E-state index in [1.165, 1.54) is 53.2 Å². The van der Waals surface area contributed by atoms with Gasteiger partial charge in [0.05, 0.1) is 28.9 Å². The van der Waals surface area contributed by atoms with Crippen LogP contribution in [0.5, 0.6) is 0 Å². The lowest BCUT2D eigenvalue weighted by Gasteiger charge is -2.14. The molecule has 2 aromatic rings. The van der Waals surface area contributed by atoms with Crippen molar-refractivity contribution in [3.8, 4) is 22.3 Å². The first-order valence-electron chi connectivity index (χ1n) is 8.63. The standard InChI is InChI=1S/C16H10ClFINO2S.C4H10N2/c1-22-16(21)12-8-13(17)11(5-6-23-19)15(20)14(12)9-3-2-4-10(18)7-9;5-6-3-1-2-4-6/h2-4,7-8H,20H2,1H3;1-5H2. The second kappa shape index (κ2) is 11.6. The van der Waals surface area contributed by atoms with Crippen LogP contribution in [0.3, 0.4) is 0 Å². The number of hydrogen-bond donors (Lipinski definition) is 2. The van der Waals surface area contributed by atoms with Gasteiger partial charge in [-0.05, 0) is 50.8 Å². The van der Waals surface area contributed by atoms with Crippen LogP contribution >= 0.6 is 41.7 Å². The summed E-state index contributed by atoms with van der Waals surface area (Å²) >= 11 is 8.21. The molecule has 0 amide bonds. The quantitative estimate of drug-likeness (QED) is 0.184. The zero-order valence-electron chi connectivity index (χ0n) is 15.7. The molecule has 0 aliphatic carbocycles. The Morgan fingerprint density at radius 3 is 2.55 bits per heavy atom. The first kappa shape index (κ1) is 23.8. The number of hydrogen-bond acceptors (Lipinski definition) is 6. The van der Waals surface area contributed by atoms with Gasteiger partial charge in [0.1, 0.15) is 5.82 Å². The van der Waals surface area contributed by atoms with Gasteiger partial charge in [-0.1, -0.05) is 29.7 Å². The molecule has 29 heavy (non-hydrogen) atoms. The summed E-state index contributed by atoms with van der Waals surface area (Å²) in [6, 6.07) is 7.22. The Morgan fingerprint density at radius 2 is 2.03 bits per heavy atom. The van der Waals surface area contributed by atoms with Crippen molar-refractivity contribution in [1.82, 2.24) is 5.01 Å². The highest BCUT2D eigenvalue weighted by Crippen LogP contribution is 2.37. The number of halogens is 3. The number of carbonyl (C=O) groups excluding carboxylic acids is 1. The van der Waals surface area contributed by atoms with Gasteiger partial charge in [0, 0.05) is 39.9 Å². The number of carbonyl (C=O) groups is 1. The molecular formula is C20H20ClFIN3O2S. The smallest absolute Gasteiger partial charge is 0.338 e. The lowest BCUT2D eigenvalue weighted by atomic mass is 9.94. The van der Waals surface area contributed by atoms with E-state index in [0.29, 0.717) is 16.7 Å². The van der Waals surface area contributed by atoms with E-state index < -0.39 is 11.8 Å². The Hall–Kier alpha value is -1.51. The van der Waals surface area contributed by atoms with Gasteiger partial charge in [0.25, 0.3) is 0 Å². The van der Waals surface area contributed by atoms with E-state index in [1.807, 2.05) is 26.2 Å². The summed E-state index contributed by atoms with van der Waals surface area (Å²) in [6.07, 6.45) is 2.58. The van der Waals surface area contributed by atoms with Gasteiger partial charge in [-0.2, -0.15) is 0 Å². The molecule has 1 aliphatic rings. The maximum absolute atomic E-state index is 13.6. The summed E-state index contributed by atoms with van der Waals surface area (Å²) in [7, 11) is 2.53. The largest absolute Gasteiger partial charge is 0.465 e. The average molecular weight is 548 g/mol. The molecule has 0 aromatic heterocycles. The van der Waals surface area contributed by atoms with Crippen LogP contribution in [0.1, 0.15) is 28.8 Å². The zero-order valence-corrected chi connectivity index (χ0v) is 19.4. The number of nitrogens with zero attached hydrogens (tertiary/aromatic N) is 1. The molecule has 1 heterocycles. The minimum absolute atomic E-state index is 0.160. The normalized spacial score (nSPS) is 13.1. The van der Waals surface area contributed by atoms with Crippen molar-refractivity contribution < 1.29 is 13.9 Å². The molecule has 1 fully saturated rings. The molecule has 5 nitrogen and oxygen atoms in total. The maximum Gasteiger partial charge on any atom is 0.338 e. The lowest BCUT2D eigenvalue weighted by Crippen LogP contribution is -2.26. The highest BCUT2D eigenvalue weighted by atomic mass is 127. The molecule has 9 heteroatoms. The summed E-state index contributed by atoms with van der Waals surface area (Å²) in [5.74, 6) is 7.16. The molecule has 0 bridgehead atoms. The molecule has 2 aromatic carbocycles. The second-order valence-corrected chi connectivity index (χ2v) is 8.21. The third-order valence-electron chi connectivity index (χ3n) is 4.19. The Kier molecular flexibility index (Phi) is 9.52. The van der Waals surface area contributed by atoms with Crippen molar-refractivity contribution in [2.75, 3.05) is 25.9 Å². The number of methoxy groups -OCH3 is 1. The number of nitrogen functional groups attached to an aromatic ring is 1. The first-order chi connectivity index (χ1) is 13.9. The summed E-state index contributed by atoms with van der Waals surface area (Å²) in [6.45, 7) is 2.19. The predicted octanol–water partition coefficient (Wildman–Crippen LogP) is 4.86. The van der Waals surface area contributed by atoms with Crippen LogP contribution in [0.2, 0.25) is 5.02 Å². The van der Waals surface area contributed by atoms with E-state index in [-0.39, 0.29) is 16.3 Å². The molecule has 0 unspecified atom stereocenters. The van der Waals surface area contributed by atoms with E-state index in [0.717, 1.165) is 13.1 Å². The van der Waals surface area contributed by atoms with Crippen molar-refractivity contribution in [1.29, 1.82) is 0 Å². The highest BCUT2D eigenvalue weighted by molar-refractivity contribution is 14.2. The monoisotopic (exact) mass is 547 g/mol. The number of hydrazine groups is 1. The van der Waals surface area contributed by atoms with E-state index in [4.69, 9.17) is 27.9 Å². The van der Waals surface area contributed by atoms with Crippen molar-refractivity contribution in [3.63, 3.8) is 0 Å². The first-order valence-corrected chi connectivity index (χ1v) is 12.4. The fourth-order valence-electron chi connectivity index (χ4n) is 2.83. The molecule has 1 aliphatic heterocycles. The minimum atomic E-state index is -0.611. The minimum Gasteiger partial charge on any atom is -0.465 e. The second-order valence-electron chi connectivity index (χ2n) is 6.12. The van der Waals surface area contributed by atoms with Gasteiger partial charge in [-0.25, -0.2) is 14.2 Å². The van der Waals surface area contributed by atoms with E-state index in [2.05, 4.69) is 11.2 Å². The summed E-state index contributed by atoms with van der Waals surface area (Å²) in [5, 5.41) is 4.90. The number of benzene rings is 2. The van der Waals surface area contributed by atoms with Crippen molar-refractivity contribution in [2.24, 2.45) is 5.84 Å². The molecule has 0 saturated carbocycles. The van der Waals surface area contributed by atoms with Gasteiger partial charge in [-0.3, -0.25) is 5.84 Å². The Labute approximate surface area is 190 Å². The number of anilines is 1. The van der Waals surface area contributed by atoms with Gasteiger partial charge >= 0.3 is 5.97 Å². The van der Waals surface area contributed by atoms with Crippen LogP contribution in [0.4, 0.5) is 10.1 Å². The van der Waals surface area contributed by atoms with Crippen LogP contribution in [-0.4, -0.2) is 31.2 Å². The van der Waals surface area contributed by atoms with Crippen molar-refractivity contribution in [2.45, 2.75) is 12.8 Å². The third-order valence-corrected chi connectivity index (χ3v) is 5.33. The average Bonchev–Trinajstić information content (AvgIpc) is 3.18. The molecule has 0 atom stereocenters. The SMILES string of the molecule is COC(=O)c1cc(Cl)c(C#CSI)c(N)c1-c1cccc(F)c1.NN1CCCC1. The summed E-state index contributed by atoms with van der Waals surface area (Å²) in [4.78, 5) is 12.1. The molecule has 0 spiro atoms. The molecule has 4 N–H and O–H groups in total. The molecule has 154 valence electrons. The maximum atomic E-state index is 13.6. The van der Waals surface area contributed by atoms with Crippen molar-refractivity contribution in [3.05, 3.63) is 52.3 Å². The Balaban J connectivity index is 0.000000426. The van der Waals surface area contributed by atoms with Crippen LogP contribution in [-0.2, 0) is 4.74 Å². The van der Waals surface area contributed by atoms with Gasteiger partial charge in [0.2, 0.25) is 0 Å². The highest BCUT2D eigenvalue weighted by Gasteiger charge is 2.21. The molecule has 3 rings (SSSR count). The van der Waals surface area contributed by atoms with E-state index >= 15 is 0 Å². The van der Waals surface area contributed by atoms with Crippen LogP contribution < -0.4 is 11.6 Å². The van der Waals surface area contributed by atoms with Crippen LogP contribution in [0.25, 0.3) is 11.1 Å². The number of rotatable bonds is 2. The zero-order chi connectivity index (χ0) is 21.4. The molecular weight excluding hydrogens is 528 g/mol. The van der Waals surface area contributed by atoms with Gasteiger partial charge < -0.3 is 10.5 Å². The van der Waals surface area contributed by atoms with Crippen molar-refractivity contribution >= 4 is 53.4 Å². The number of esters is 1. The van der Waals surface area contributed by atoms with Gasteiger partial charge in [0.15, 0.2) is 0 Å². The van der Waals surface area contributed by atoms with Gasteiger partial charge in [-0.15, -0.1) is 0 Å². The van der Waals surface area contributed by atoms with E-state index in [9.17, 15) is 9.18 Å². The summed E-state index contributed by atoms with van der Waals surface area (Å²) in [5.41, 5.74) is 7.73. The third kappa shape index (κ3) is 6.49. The summed E-state index contributed by atoms with van der Waals surface area (Å²) < 4.78 is 18.3. The molecule has 0 radical (unpaired) electrons. The number of nitrogens with two attached hydrogens (primary N) is 2. The fraction of sp³-hybridized carbons (Fsp3) is 0.250. The lowest BCUT2D eigenvalue weighted by molar-refractivity contribution is 0.0601. The van der Waals surface area contributed by atoms with Crippen LogP contribution in [0.15, 0.2) is 30.3 Å². The predicted molar refractivity (Wildman–Crippen MR) is 126 cm³/mol. The Bertz CT molecular complexity index is 943. The molecule has 1 saturated heterocycles. The topological polar surface area (TPSA) is 81.6 Å². The fourth-order valence-corrected chi connectivity index (χ4v) is 3.56. The van der Waals surface area contributed by atoms with E-state index in [1.54, 1.807) is 6.07 Å². The number of ether oxygens (including phenoxy) is 1. The Morgan fingerprint density at radius 1 is 1.34 bits per heavy atom. The van der Waals surface area contributed by atoms with Crippen LogP contribution in [0, 0.1) is 17.0 Å².